The number of benzene rings is 3. The fourth-order valence-electron chi connectivity index (χ4n) is 3.37. The first-order chi connectivity index (χ1) is 16.4. The maximum Gasteiger partial charge on any atom is 0.251 e. The summed E-state index contributed by atoms with van der Waals surface area (Å²) in [5.74, 6) is 1.97. The van der Waals surface area contributed by atoms with Gasteiger partial charge in [-0.3, -0.25) is 9.00 Å². The van der Waals surface area contributed by atoms with E-state index in [0.29, 0.717) is 29.5 Å². The predicted octanol–water partition coefficient (Wildman–Crippen LogP) is 5.20. The van der Waals surface area contributed by atoms with E-state index in [0.717, 1.165) is 27.3 Å². The Bertz CT molecular complexity index is 1290. The fourth-order valence-corrected chi connectivity index (χ4v) is 4.50. The molecule has 174 valence electrons. The maximum atomic E-state index is 12.7. The third-order valence-electron chi connectivity index (χ3n) is 5.45. The molecule has 0 fully saturated rings. The summed E-state index contributed by atoms with van der Waals surface area (Å²) in [6.07, 6.45) is 0. The summed E-state index contributed by atoms with van der Waals surface area (Å²) in [6.45, 7) is 4.24. The molecule has 6 nitrogen and oxygen atoms in total. The standard InChI is InChI=1S/C27H26N2O4S/c1-18-4-14-24(15-5-18)34(31)17-25-19(2)33-27(29-25)22-10-8-21(9-11-22)26(30)28-16-20-6-12-23(32-3)13-7-20/h4-15H,16-17H2,1-3H3,(H,28,30)/t34-/m0/s1. The van der Waals surface area contributed by atoms with Gasteiger partial charge in [-0.25, -0.2) is 4.98 Å². The van der Waals surface area contributed by atoms with E-state index in [1.165, 1.54) is 0 Å². The number of carbonyl (C=O) groups is 1. The van der Waals surface area contributed by atoms with Crippen molar-refractivity contribution in [2.75, 3.05) is 7.11 Å². The van der Waals surface area contributed by atoms with Crippen LogP contribution in [0.2, 0.25) is 0 Å². The molecule has 1 amide bonds. The van der Waals surface area contributed by atoms with E-state index in [1.807, 2.05) is 62.4 Å². The molecule has 4 aromatic rings. The Morgan fingerprint density at radius 1 is 0.971 bits per heavy atom. The van der Waals surface area contributed by atoms with Gasteiger partial charge in [0.05, 0.1) is 29.4 Å². The topological polar surface area (TPSA) is 81.4 Å². The number of oxazole rings is 1. The number of ether oxygens (including phenoxy) is 1. The van der Waals surface area contributed by atoms with Crippen molar-refractivity contribution < 1.29 is 18.2 Å². The van der Waals surface area contributed by atoms with E-state index >= 15 is 0 Å². The number of carbonyl (C=O) groups excluding carboxylic acids is 1. The van der Waals surface area contributed by atoms with Crippen LogP contribution < -0.4 is 10.1 Å². The highest BCUT2D eigenvalue weighted by Crippen LogP contribution is 2.24. The summed E-state index contributed by atoms with van der Waals surface area (Å²) in [4.78, 5) is 17.8. The third kappa shape index (κ3) is 5.61. The molecule has 7 heteroatoms. The van der Waals surface area contributed by atoms with Gasteiger partial charge < -0.3 is 14.5 Å². The van der Waals surface area contributed by atoms with E-state index < -0.39 is 10.8 Å². The highest BCUT2D eigenvalue weighted by atomic mass is 32.2. The number of nitrogens with one attached hydrogen (secondary N) is 1. The van der Waals surface area contributed by atoms with Gasteiger partial charge in [-0.2, -0.15) is 0 Å². The first-order valence-electron chi connectivity index (χ1n) is 10.9. The molecule has 34 heavy (non-hydrogen) atoms. The Morgan fingerprint density at radius 3 is 2.29 bits per heavy atom. The zero-order chi connectivity index (χ0) is 24.1. The van der Waals surface area contributed by atoms with Crippen molar-refractivity contribution in [3.8, 4) is 17.2 Å². The minimum atomic E-state index is -1.21. The molecular formula is C27H26N2O4S. The van der Waals surface area contributed by atoms with E-state index in [9.17, 15) is 9.00 Å². The molecule has 1 heterocycles. The van der Waals surface area contributed by atoms with Crippen molar-refractivity contribution in [3.63, 3.8) is 0 Å². The summed E-state index contributed by atoms with van der Waals surface area (Å²) in [7, 11) is 0.410. The van der Waals surface area contributed by atoms with Crippen LogP contribution in [0, 0.1) is 13.8 Å². The minimum Gasteiger partial charge on any atom is -0.497 e. The zero-order valence-electron chi connectivity index (χ0n) is 19.3. The highest BCUT2D eigenvalue weighted by Gasteiger charge is 2.16. The molecule has 1 aromatic heterocycles. The van der Waals surface area contributed by atoms with Gasteiger partial charge in [0.25, 0.3) is 5.91 Å². The lowest BCUT2D eigenvalue weighted by Gasteiger charge is -2.07. The Balaban J connectivity index is 1.39. The predicted molar refractivity (Wildman–Crippen MR) is 132 cm³/mol. The normalized spacial score (nSPS) is 11.7. The lowest BCUT2D eigenvalue weighted by atomic mass is 10.1. The van der Waals surface area contributed by atoms with Gasteiger partial charge in [-0.05, 0) is 67.9 Å². The number of hydrogen-bond donors (Lipinski definition) is 1. The molecule has 3 aromatic carbocycles. The van der Waals surface area contributed by atoms with Gasteiger partial charge in [-0.15, -0.1) is 0 Å². The Kier molecular flexibility index (Phi) is 7.23. The summed E-state index contributed by atoms with van der Waals surface area (Å²) in [5, 5.41) is 2.91. The van der Waals surface area contributed by atoms with E-state index in [-0.39, 0.29) is 11.7 Å². The third-order valence-corrected chi connectivity index (χ3v) is 6.78. The number of rotatable bonds is 8. The molecule has 0 bridgehead atoms. The molecule has 0 spiro atoms. The van der Waals surface area contributed by atoms with Crippen molar-refractivity contribution in [1.29, 1.82) is 0 Å². The van der Waals surface area contributed by atoms with Crippen LogP contribution in [0.1, 0.15) is 32.9 Å². The SMILES string of the molecule is COc1ccc(CNC(=O)c2ccc(-c3nc(C[S@](=O)c4ccc(C)cc4)c(C)o3)cc2)cc1. The molecule has 0 saturated carbocycles. The monoisotopic (exact) mass is 474 g/mol. The van der Waals surface area contributed by atoms with Gasteiger partial charge in [0.1, 0.15) is 11.5 Å². The number of aryl methyl sites for hydroxylation is 2. The van der Waals surface area contributed by atoms with Gasteiger partial charge in [0.15, 0.2) is 0 Å². The summed E-state index contributed by atoms with van der Waals surface area (Å²) < 4.78 is 23.7. The highest BCUT2D eigenvalue weighted by molar-refractivity contribution is 7.84. The summed E-state index contributed by atoms with van der Waals surface area (Å²) in [6, 6.07) is 22.3. The molecule has 0 aliphatic heterocycles. The van der Waals surface area contributed by atoms with Gasteiger partial charge in [0, 0.05) is 22.6 Å². The minimum absolute atomic E-state index is 0.167. The van der Waals surface area contributed by atoms with Crippen LogP contribution in [0.15, 0.2) is 82.1 Å². The molecule has 1 atom stereocenters. The molecule has 0 aliphatic carbocycles. The average Bonchev–Trinajstić information content (AvgIpc) is 3.23. The molecular weight excluding hydrogens is 448 g/mol. The van der Waals surface area contributed by atoms with E-state index in [1.54, 1.807) is 31.4 Å². The van der Waals surface area contributed by atoms with E-state index in [4.69, 9.17) is 9.15 Å². The van der Waals surface area contributed by atoms with Gasteiger partial charge >= 0.3 is 0 Å². The molecule has 0 saturated heterocycles. The van der Waals surface area contributed by atoms with Crippen LogP contribution in [0.5, 0.6) is 5.75 Å². The first-order valence-corrected chi connectivity index (χ1v) is 12.2. The van der Waals surface area contributed by atoms with Crippen molar-refractivity contribution in [2.45, 2.75) is 31.0 Å². The summed E-state index contributed by atoms with van der Waals surface area (Å²) >= 11 is 0. The number of hydrogen-bond acceptors (Lipinski definition) is 5. The van der Waals surface area contributed by atoms with Crippen LogP contribution in [0.4, 0.5) is 0 Å². The second kappa shape index (κ2) is 10.5. The molecule has 0 aliphatic rings. The average molecular weight is 475 g/mol. The smallest absolute Gasteiger partial charge is 0.251 e. The number of nitrogens with zero attached hydrogens (tertiary/aromatic N) is 1. The lowest BCUT2D eigenvalue weighted by Crippen LogP contribution is -2.22. The number of aromatic nitrogens is 1. The van der Waals surface area contributed by atoms with Crippen LogP contribution in [-0.2, 0) is 23.1 Å². The Morgan fingerprint density at radius 2 is 1.65 bits per heavy atom. The van der Waals surface area contributed by atoms with Gasteiger partial charge in [0.2, 0.25) is 5.89 Å². The zero-order valence-corrected chi connectivity index (χ0v) is 20.1. The lowest BCUT2D eigenvalue weighted by molar-refractivity contribution is 0.0951. The second-order valence-electron chi connectivity index (χ2n) is 7.93. The van der Waals surface area contributed by atoms with Crippen molar-refractivity contribution in [2.24, 2.45) is 0 Å². The molecule has 0 radical (unpaired) electrons. The molecule has 4 rings (SSSR count). The summed E-state index contributed by atoms with van der Waals surface area (Å²) in [5.41, 5.74) is 4.06. The van der Waals surface area contributed by atoms with Crippen LogP contribution >= 0.6 is 0 Å². The van der Waals surface area contributed by atoms with E-state index in [2.05, 4.69) is 10.3 Å². The van der Waals surface area contributed by atoms with Gasteiger partial charge in [-0.1, -0.05) is 29.8 Å². The Labute approximate surface area is 201 Å². The first kappa shape index (κ1) is 23.4. The maximum absolute atomic E-state index is 12.7. The number of methoxy groups -OCH3 is 1. The van der Waals surface area contributed by atoms with Crippen LogP contribution in [0.3, 0.4) is 0 Å². The largest absolute Gasteiger partial charge is 0.497 e. The van der Waals surface area contributed by atoms with Crippen molar-refractivity contribution in [1.82, 2.24) is 10.3 Å². The number of amides is 1. The molecule has 0 unspecified atom stereocenters. The second-order valence-corrected chi connectivity index (χ2v) is 9.38. The van der Waals surface area contributed by atoms with Crippen molar-refractivity contribution >= 4 is 16.7 Å². The van der Waals surface area contributed by atoms with Crippen molar-refractivity contribution in [3.05, 3.63) is 101 Å². The fraction of sp³-hybridized carbons (Fsp3) is 0.185. The van der Waals surface area contributed by atoms with Crippen LogP contribution in [-0.4, -0.2) is 22.2 Å². The quantitative estimate of drug-likeness (QED) is 0.379. The Hall–Kier alpha value is -3.71. The van der Waals surface area contributed by atoms with Crippen LogP contribution in [0.25, 0.3) is 11.5 Å². The molecule has 1 N–H and O–H groups in total.